The summed E-state index contributed by atoms with van der Waals surface area (Å²) in [6, 6.07) is 8.40. The van der Waals surface area contributed by atoms with Crippen LogP contribution in [-0.2, 0) is 15.6 Å². The molecule has 0 saturated carbocycles. The summed E-state index contributed by atoms with van der Waals surface area (Å²) in [4.78, 5) is 0.306. The first-order valence-electron chi connectivity index (χ1n) is 5.27. The number of benzene rings is 1. The summed E-state index contributed by atoms with van der Waals surface area (Å²) in [5, 5.41) is 7.92. The third-order valence-corrected chi connectivity index (χ3v) is 4.56. The van der Waals surface area contributed by atoms with Gasteiger partial charge < -0.3 is 5.43 Å². The Morgan fingerprint density at radius 3 is 2.78 bits per heavy atom. The van der Waals surface area contributed by atoms with Gasteiger partial charge in [-0.05, 0) is 17.7 Å². The number of aromatic nitrogens is 2. The number of fused-ring (bicyclic) bond motifs is 3. The predicted molar refractivity (Wildman–Crippen MR) is 66.2 cm³/mol. The highest BCUT2D eigenvalue weighted by atomic mass is 32.2. The van der Waals surface area contributed by atoms with Crippen molar-refractivity contribution in [3.05, 3.63) is 35.9 Å². The van der Waals surface area contributed by atoms with Gasteiger partial charge in [-0.2, -0.15) is 0 Å². The Morgan fingerprint density at radius 2 is 2.00 bits per heavy atom. The number of rotatable bonds is 1. The highest BCUT2D eigenvalue weighted by molar-refractivity contribution is 7.90. The zero-order valence-electron chi connectivity index (χ0n) is 9.29. The van der Waals surface area contributed by atoms with E-state index in [-0.39, 0.29) is 5.75 Å². The van der Waals surface area contributed by atoms with Crippen LogP contribution in [0.3, 0.4) is 0 Å². The molecule has 3 rings (SSSR count). The molecule has 7 heteroatoms. The third-order valence-electron chi connectivity index (χ3n) is 2.84. The van der Waals surface area contributed by atoms with Gasteiger partial charge in [-0.25, -0.2) is 14.3 Å². The van der Waals surface area contributed by atoms with E-state index in [1.807, 2.05) is 0 Å². The van der Waals surface area contributed by atoms with Gasteiger partial charge in [0.05, 0.1) is 16.3 Å². The first-order valence-corrected chi connectivity index (χ1v) is 6.92. The van der Waals surface area contributed by atoms with E-state index in [9.17, 15) is 8.42 Å². The normalized spacial score (nSPS) is 15.6. The molecule has 2 heterocycles. The van der Waals surface area contributed by atoms with Gasteiger partial charge in [-0.15, -0.1) is 10.2 Å². The van der Waals surface area contributed by atoms with Crippen molar-refractivity contribution >= 4 is 15.7 Å². The van der Waals surface area contributed by atoms with E-state index in [1.165, 1.54) is 0 Å². The minimum Gasteiger partial charge on any atom is -0.307 e. The maximum absolute atomic E-state index is 12.1. The van der Waals surface area contributed by atoms with Gasteiger partial charge in [0.15, 0.2) is 15.7 Å². The molecule has 18 heavy (non-hydrogen) atoms. The zero-order valence-corrected chi connectivity index (χ0v) is 10.1. The highest BCUT2D eigenvalue weighted by Crippen LogP contribution is 2.36. The lowest BCUT2D eigenvalue weighted by molar-refractivity contribution is 0.594. The third kappa shape index (κ3) is 1.56. The van der Waals surface area contributed by atoms with Crippen molar-refractivity contribution in [2.24, 2.45) is 5.84 Å². The van der Waals surface area contributed by atoms with E-state index in [0.717, 1.165) is 0 Å². The molecule has 3 N–H and O–H groups in total. The minimum atomic E-state index is -3.32. The summed E-state index contributed by atoms with van der Waals surface area (Å²) in [7, 11) is -3.32. The molecule has 1 aliphatic rings. The van der Waals surface area contributed by atoms with Crippen LogP contribution in [0, 0.1) is 0 Å². The number of hydrogen-bond acceptors (Lipinski definition) is 6. The molecule has 1 aromatic carbocycles. The number of sulfone groups is 1. The van der Waals surface area contributed by atoms with Crippen LogP contribution in [0.1, 0.15) is 5.56 Å². The molecule has 1 aromatic heterocycles. The van der Waals surface area contributed by atoms with Crippen molar-refractivity contribution in [1.29, 1.82) is 0 Å². The van der Waals surface area contributed by atoms with Gasteiger partial charge in [-0.1, -0.05) is 18.2 Å². The second-order valence-electron chi connectivity index (χ2n) is 4.00. The second kappa shape index (κ2) is 3.76. The summed E-state index contributed by atoms with van der Waals surface area (Å²) in [6.07, 6.45) is 0. The quantitative estimate of drug-likeness (QED) is 0.580. The molecule has 0 bridgehead atoms. The molecule has 1 aliphatic heterocycles. The summed E-state index contributed by atoms with van der Waals surface area (Å²) in [5.74, 6) is 5.51. The van der Waals surface area contributed by atoms with Crippen molar-refractivity contribution in [3.8, 4) is 11.3 Å². The molecular formula is C11H10N4O2S. The van der Waals surface area contributed by atoms with Crippen LogP contribution < -0.4 is 11.3 Å². The van der Waals surface area contributed by atoms with Crippen LogP contribution in [0.2, 0.25) is 0 Å². The Labute approximate surface area is 104 Å². The Bertz CT molecular complexity index is 728. The first kappa shape index (κ1) is 11.1. The molecule has 0 amide bonds. The van der Waals surface area contributed by atoms with Crippen molar-refractivity contribution in [3.63, 3.8) is 0 Å². The van der Waals surface area contributed by atoms with Gasteiger partial charge in [0.1, 0.15) is 0 Å². The maximum atomic E-state index is 12.1. The molecule has 0 radical (unpaired) electrons. The number of anilines is 1. The Kier molecular flexibility index (Phi) is 2.32. The minimum absolute atomic E-state index is 0.0798. The second-order valence-corrected chi connectivity index (χ2v) is 5.96. The van der Waals surface area contributed by atoms with Gasteiger partial charge in [0, 0.05) is 5.56 Å². The fourth-order valence-corrected chi connectivity index (χ4v) is 3.62. The maximum Gasteiger partial charge on any atom is 0.183 e. The zero-order chi connectivity index (χ0) is 12.8. The summed E-state index contributed by atoms with van der Waals surface area (Å²) in [6.45, 7) is 0. The average Bonchev–Trinajstić information content (AvgIpc) is 2.38. The predicted octanol–water partition coefficient (Wildman–Crippen LogP) is 0.717. The lowest BCUT2D eigenvalue weighted by atomic mass is 10.1. The molecule has 0 aliphatic carbocycles. The van der Waals surface area contributed by atoms with E-state index in [0.29, 0.717) is 27.5 Å². The smallest absolute Gasteiger partial charge is 0.183 e. The van der Waals surface area contributed by atoms with Crippen LogP contribution >= 0.6 is 0 Å². The molecule has 0 atom stereocenters. The van der Waals surface area contributed by atoms with Crippen LogP contribution in [0.5, 0.6) is 0 Å². The van der Waals surface area contributed by atoms with Crippen molar-refractivity contribution in [1.82, 2.24) is 10.2 Å². The number of nitrogens with two attached hydrogens (primary N) is 1. The standard InChI is InChI=1S/C11H10N4O2S/c12-13-10-5-7-6-18(16,17)9-4-2-1-3-8(9)11(7)15-14-10/h1-5H,6,12H2,(H,13,14). The molecule has 0 saturated heterocycles. The summed E-state index contributed by atoms with van der Waals surface area (Å²) < 4.78 is 24.3. The molecule has 0 spiro atoms. The fourth-order valence-electron chi connectivity index (χ4n) is 2.05. The number of nitrogen functional groups attached to an aromatic ring is 1. The van der Waals surface area contributed by atoms with Crippen LogP contribution in [0.25, 0.3) is 11.3 Å². The van der Waals surface area contributed by atoms with Gasteiger partial charge in [0.2, 0.25) is 0 Å². The number of nitrogens with zero attached hydrogens (tertiary/aromatic N) is 2. The van der Waals surface area contributed by atoms with Crippen molar-refractivity contribution < 1.29 is 8.42 Å². The number of nitrogens with one attached hydrogen (secondary N) is 1. The van der Waals surface area contributed by atoms with Crippen molar-refractivity contribution in [2.75, 3.05) is 5.43 Å². The van der Waals surface area contributed by atoms with Gasteiger partial charge in [0.25, 0.3) is 0 Å². The number of hydrazine groups is 1. The number of hydrogen-bond donors (Lipinski definition) is 2. The highest BCUT2D eigenvalue weighted by Gasteiger charge is 2.29. The van der Waals surface area contributed by atoms with E-state index in [4.69, 9.17) is 5.84 Å². The molecule has 0 fully saturated rings. The molecule has 92 valence electrons. The van der Waals surface area contributed by atoms with E-state index in [2.05, 4.69) is 15.6 Å². The lowest BCUT2D eigenvalue weighted by Crippen LogP contribution is -2.16. The largest absolute Gasteiger partial charge is 0.307 e. The van der Waals surface area contributed by atoms with E-state index >= 15 is 0 Å². The Balaban J connectivity index is 2.32. The average molecular weight is 262 g/mol. The molecule has 2 aromatic rings. The molecule has 0 unspecified atom stereocenters. The SMILES string of the molecule is NNc1cc2c(nn1)-c1ccccc1S(=O)(=O)C2. The fraction of sp³-hybridized carbons (Fsp3) is 0.0909. The summed E-state index contributed by atoms with van der Waals surface area (Å²) >= 11 is 0. The van der Waals surface area contributed by atoms with Gasteiger partial charge >= 0.3 is 0 Å². The summed E-state index contributed by atoms with van der Waals surface area (Å²) in [5.41, 5.74) is 4.16. The topological polar surface area (TPSA) is 98.0 Å². The monoisotopic (exact) mass is 262 g/mol. The van der Waals surface area contributed by atoms with Crippen LogP contribution in [0.15, 0.2) is 35.2 Å². The van der Waals surface area contributed by atoms with E-state index in [1.54, 1.807) is 30.3 Å². The van der Waals surface area contributed by atoms with Crippen molar-refractivity contribution in [2.45, 2.75) is 10.6 Å². The Morgan fingerprint density at radius 1 is 1.22 bits per heavy atom. The van der Waals surface area contributed by atoms with Gasteiger partial charge in [-0.3, -0.25) is 0 Å². The molecule has 6 nitrogen and oxygen atoms in total. The van der Waals surface area contributed by atoms with Crippen LogP contribution in [0.4, 0.5) is 5.82 Å². The molecular weight excluding hydrogens is 252 g/mol. The Hall–Kier alpha value is -1.99. The lowest BCUT2D eigenvalue weighted by Gasteiger charge is -2.18. The van der Waals surface area contributed by atoms with E-state index < -0.39 is 9.84 Å². The van der Waals surface area contributed by atoms with Crippen LogP contribution in [-0.4, -0.2) is 18.6 Å². The first-order chi connectivity index (χ1) is 8.62.